The van der Waals surface area contributed by atoms with E-state index >= 15 is 0 Å². The summed E-state index contributed by atoms with van der Waals surface area (Å²) in [5, 5.41) is 11.9. The van der Waals surface area contributed by atoms with Crippen molar-refractivity contribution in [2.45, 2.75) is 13.3 Å². The van der Waals surface area contributed by atoms with Gasteiger partial charge in [-0.25, -0.2) is 5.06 Å². The Morgan fingerprint density at radius 2 is 2.29 bits per heavy atom. The Balaban J connectivity index is 2.25. The van der Waals surface area contributed by atoms with Gasteiger partial charge in [-0.1, -0.05) is 0 Å². The molecule has 1 aliphatic heterocycles. The highest BCUT2D eigenvalue weighted by atomic mass is 16.7. The van der Waals surface area contributed by atoms with Crippen LogP contribution in [0.15, 0.2) is 18.2 Å². The summed E-state index contributed by atoms with van der Waals surface area (Å²) in [4.78, 5) is 27.2. The summed E-state index contributed by atoms with van der Waals surface area (Å²) in [5.74, 6) is -0.250. The number of nitro groups is 1. The lowest BCUT2D eigenvalue weighted by molar-refractivity contribution is -0.385. The maximum absolute atomic E-state index is 11.9. The molecule has 0 unspecified atom stereocenters. The second-order valence-corrected chi connectivity index (χ2v) is 3.85. The number of carbonyl (C=O) groups excluding carboxylic acids is 1. The molecule has 1 aromatic carbocycles. The van der Waals surface area contributed by atoms with Crippen LogP contribution in [-0.4, -0.2) is 29.0 Å². The highest BCUT2D eigenvalue weighted by molar-refractivity contribution is 5.94. The molecule has 0 radical (unpaired) electrons. The van der Waals surface area contributed by atoms with Gasteiger partial charge in [0, 0.05) is 17.2 Å². The minimum Gasteiger partial charge on any atom is -0.271 e. The fourth-order valence-electron chi connectivity index (χ4n) is 1.74. The molecule has 0 saturated carbocycles. The van der Waals surface area contributed by atoms with Gasteiger partial charge in [0.1, 0.15) is 0 Å². The van der Waals surface area contributed by atoms with Gasteiger partial charge in [-0.3, -0.25) is 19.7 Å². The average molecular weight is 236 g/mol. The van der Waals surface area contributed by atoms with Crippen LogP contribution in [0.1, 0.15) is 22.3 Å². The number of hydroxylamine groups is 2. The molecule has 1 heterocycles. The summed E-state index contributed by atoms with van der Waals surface area (Å²) in [6.07, 6.45) is 0.817. The molecule has 0 spiro atoms. The molecule has 1 saturated heterocycles. The maximum Gasteiger partial charge on any atom is 0.277 e. The quantitative estimate of drug-likeness (QED) is 0.578. The minimum atomic E-state index is -0.462. The second kappa shape index (κ2) is 4.50. The van der Waals surface area contributed by atoms with Crippen LogP contribution in [-0.2, 0) is 4.84 Å². The molecule has 0 aromatic heterocycles. The number of amides is 1. The Labute approximate surface area is 97.9 Å². The van der Waals surface area contributed by atoms with E-state index in [4.69, 9.17) is 4.84 Å². The van der Waals surface area contributed by atoms with Crippen molar-refractivity contribution in [3.05, 3.63) is 39.4 Å². The molecule has 0 bridgehead atoms. The van der Waals surface area contributed by atoms with E-state index < -0.39 is 4.92 Å². The van der Waals surface area contributed by atoms with Crippen LogP contribution in [0.4, 0.5) is 5.69 Å². The van der Waals surface area contributed by atoms with E-state index in [1.165, 1.54) is 23.3 Å². The first-order chi connectivity index (χ1) is 8.09. The predicted molar refractivity (Wildman–Crippen MR) is 59.4 cm³/mol. The summed E-state index contributed by atoms with van der Waals surface area (Å²) < 4.78 is 0. The van der Waals surface area contributed by atoms with E-state index in [9.17, 15) is 14.9 Å². The SMILES string of the molecule is Cc1cc(C(=O)N2CCCO2)ccc1[N+](=O)[O-]. The maximum atomic E-state index is 11.9. The first kappa shape index (κ1) is 11.5. The van der Waals surface area contributed by atoms with Crippen LogP contribution in [0.25, 0.3) is 0 Å². The zero-order valence-electron chi connectivity index (χ0n) is 9.38. The number of aryl methyl sites for hydroxylation is 1. The lowest BCUT2D eigenvalue weighted by Crippen LogP contribution is -2.26. The summed E-state index contributed by atoms with van der Waals surface area (Å²) >= 11 is 0. The number of rotatable bonds is 2. The molecule has 6 heteroatoms. The number of hydrogen-bond acceptors (Lipinski definition) is 4. The number of nitro benzene ring substituents is 1. The second-order valence-electron chi connectivity index (χ2n) is 3.85. The normalized spacial score (nSPS) is 15.0. The lowest BCUT2D eigenvalue weighted by Gasteiger charge is -2.13. The Hall–Kier alpha value is -1.95. The fourth-order valence-corrected chi connectivity index (χ4v) is 1.74. The third-order valence-corrected chi connectivity index (χ3v) is 2.62. The van der Waals surface area contributed by atoms with Crippen molar-refractivity contribution in [2.75, 3.05) is 13.2 Å². The average Bonchev–Trinajstić information content (AvgIpc) is 2.80. The van der Waals surface area contributed by atoms with Crippen molar-refractivity contribution >= 4 is 11.6 Å². The van der Waals surface area contributed by atoms with Crippen molar-refractivity contribution in [2.24, 2.45) is 0 Å². The van der Waals surface area contributed by atoms with Crippen LogP contribution in [0.2, 0.25) is 0 Å². The topological polar surface area (TPSA) is 72.7 Å². The molecule has 0 aliphatic carbocycles. The Kier molecular flexibility index (Phi) is 3.06. The molecular formula is C11H12N2O4. The van der Waals surface area contributed by atoms with E-state index in [1.54, 1.807) is 6.92 Å². The van der Waals surface area contributed by atoms with E-state index in [0.717, 1.165) is 6.42 Å². The summed E-state index contributed by atoms with van der Waals surface area (Å²) in [5.41, 5.74) is 0.902. The van der Waals surface area contributed by atoms with Crippen LogP contribution in [0, 0.1) is 17.0 Å². The third-order valence-electron chi connectivity index (χ3n) is 2.62. The van der Waals surface area contributed by atoms with Gasteiger partial charge in [-0.05, 0) is 25.5 Å². The molecule has 1 fully saturated rings. The Bertz CT molecular complexity index is 467. The van der Waals surface area contributed by atoms with E-state index in [-0.39, 0.29) is 11.6 Å². The fraction of sp³-hybridized carbons (Fsp3) is 0.364. The molecule has 1 amide bonds. The van der Waals surface area contributed by atoms with Crippen LogP contribution in [0.5, 0.6) is 0 Å². The first-order valence-corrected chi connectivity index (χ1v) is 5.29. The van der Waals surface area contributed by atoms with Crippen molar-refractivity contribution in [3.8, 4) is 0 Å². The van der Waals surface area contributed by atoms with Gasteiger partial charge in [-0.2, -0.15) is 0 Å². The molecule has 2 rings (SSSR count). The lowest BCUT2D eigenvalue weighted by atomic mass is 10.1. The molecule has 0 N–H and O–H groups in total. The minimum absolute atomic E-state index is 0.0175. The van der Waals surface area contributed by atoms with Crippen molar-refractivity contribution in [1.82, 2.24) is 5.06 Å². The summed E-state index contributed by atoms with van der Waals surface area (Å²) in [6.45, 7) is 2.71. The van der Waals surface area contributed by atoms with Crippen molar-refractivity contribution in [3.63, 3.8) is 0 Å². The number of nitrogens with zero attached hydrogens (tertiary/aromatic N) is 2. The number of hydrogen-bond donors (Lipinski definition) is 0. The Morgan fingerprint density at radius 1 is 1.53 bits per heavy atom. The largest absolute Gasteiger partial charge is 0.277 e. The number of carbonyl (C=O) groups is 1. The van der Waals surface area contributed by atoms with Crippen molar-refractivity contribution < 1.29 is 14.6 Å². The highest BCUT2D eigenvalue weighted by Crippen LogP contribution is 2.20. The molecule has 6 nitrogen and oxygen atoms in total. The van der Waals surface area contributed by atoms with Gasteiger partial charge >= 0.3 is 0 Å². The number of benzene rings is 1. The zero-order chi connectivity index (χ0) is 12.4. The van der Waals surface area contributed by atoms with E-state index in [0.29, 0.717) is 24.3 Å². The van der Waals surface area contributed by atoms with Crippen LogP contribution >= 0.6 is 0 Å². The summed E-state index contributed by atoms with van der Waals surface area (Å²) in [6, 6.07) is 4.32. The van der Waals surface area contributed by atoms with Crippen LogP contribution < -0.4 is 0 Å². The molecule has 17 heavy (non-hydrogen) atoms. The van der Waals surface area contributed by atoms with Gasteiger partial charge in [-0.15, -0.1) is 0 Å². The standard InChI is InChI=1S/C11H12N2O4/c1-8-7-9(3-4-10(8)13(15)16)11(14)12-5-2-6-17-12/h3-4,7H,2,5-6H2,1H3. The Morgan fingerprint density at radius 3 is 2.82 bits per heavy atom. The van der Waals surface area contributed by atoms with Crippen LogP contribution in [0.3, 0.4) is 0 Å². The molecule has 1 aromatic rings. The van der Waals surface area contributed by atoms with Crippen molar-refractivity contribution in [1.29, 1.82) is 0 Å². The smallest absolute Gasteiger partial charge is 0.271 e. The van der Waals surface area contributed by atoms with E-state index in [1.807, 2.05) is 0 Å². The molecular weight excluding hydrogens is 224 g/mol. The zero-order valence-corrected chi connectivity index (χ0v) is 9.38. The summed E-state index contributed by atoms with van der Waals surface area (Å²) in [7, 11) is 0. The molecule has 0 atom stereocenters. The third kappa shape index (κ3) is 2.26. The predicted octanol–water partition coefficient (Wildman–Crippen LogP) is 1.68. The van der Waals surface area contributed by atoms with Gasteiger partial charge in [0.05, 0.1) is 18.1 Å². The van der Waals surface area contributed by atoms with Gasteiger partial charge < -0.3 is 0 Å². The molecule has 1 aliphatic rings. The van der Waals surface area contributed by atoms with Gasteiger partial charge in [0.25, 0.3) is 11.6 Å². The van der Waals surface area contributed by atoms with Gasteiger partial charge in [0.2, 0.25) is 0 Å². The monoisotopic (exact) mass is 236 g/mol. The molecule has 90 valence electrons. The highest BCUT2D eigenvalue weighted by Gasteiger charge is 2.22. The van der Waals surface area contributed by atoms with Gasteiger partial charge in [0.15, 0.2) is 0 Å². The van der Waals surface area contributed by atoms with E-state index in [2.05, 4.69) is 0 Å². The first-order valence-electron chi connectivity index (χ1n) is 5.29.